The van der Waals surface area contributed by atoms with Crippen LogP contribution in [0.25, 0.3) is 11.5 Å². The number of rotatable bonds is 5. The maximum Gasteiger partial charge on any atom is 0.261 e. The minimum atomic E-state index is -0.510. The molecule has 1 aliphatic carbocycles. The molecule has 1 aliphatic rings. The number of methoxy groups -OCH3 is 3. The van der Waals surface area contributed by atoms with Crippen molar-refractivity contribution in [3.8, 4) is 28.7 Å². The summed E-state index contributed by atoms with van der Waals surface area (Å²) in [5.74, 6) is 2.45. The Kier molecular flexibility index (Phi) is 4.62. The van der Waals surface area contributed by atoms with Gasteiger partial charge in [0.1, 0.15) is 0 Å². The van der Waals surface area contributed by atoms with Crippen molar-refractivity contribution in [2.75, 3.05) is 21.3 Å². The molecule has 7 nitrogen and oxygen atoms in total. The molecule has 1 aromatic heterocycles. The highest BCUT2D eigenvalue weighted by Gasteiger charge is 2.35. The summed E-state index contributed by atoms with van der Waals surface area (Å²) in [6.07, 6.45) is 5.11. The third-order valence-corrected chi connectivity index (χ3v) is 4.55. The highest BCUT2D eigenvalue weighted by molar-refractivity contribution is 5.71. The summed E-state index contributed by atoms with van der Waals surface area (Å²) in [4.78, 5) is 4.54. The SMILES string of the molecule is COc1ccc(-c2nc(C3(N)CCCCC3)no2)c(OC)c1OC. The van der Waals surface area contributed by atoms with E-state index in [2.05, 4.69) is 10.1 Å². The summed E-state index contributed by atoms with van der Waals surface area (Å²) < 4.78 is 21.6. The first-order chi connectivity index (χ1) is 11.6. The Morgan fingerprint density at radius 2 is 1.71 bits per heavy atom. The van der Waals surface area contributed by atoms with Crippen molar-refractivity contribution in [1.82, 2.24) is 10.1 Å². The average molecular weight is 333 g/mol. The van der Waals surface area contributed by atoms with E-state index in [1.807, 2.05) is 6.07 Å². The standard InChI is InChI=1S/C17H23N3O4/c1-21-12-8-7-11(13(22-2)14(12)23-3)15-19-16(20-24-15)17(18)9-5-4-6-10-17/h7-8H,4-6,9-10,18H2,1-3H3. The maximum atomic E-state index is 6.48. The Bertz CT molecular complexity index is 708. The number of aromatic nitrogens is 2. The van der Waals surface area contributed by atoms with E-state index in [1.54, 1.807) is 27.4 Å². The zero-order chi connectivity index (χ0) is 17.2. The predicted molar refractivity (Wildman–Crippen MR) is 88.3 cm³/mol. The molecule has 1 fully saturated rings. The van der Waals surface area contributed by atoms with Gasteiger partial charge in [-0.15, -0.1) is 0 Å². The molecule has 0 unspecified atom stereocenters. The van der Waals surface area contributed by atoms with Crippen LogP contribution in [0.2, 0.25) is 0 Å². The molecule has 0 aliphatic heterocycles. The van der Waals surface area contributed by atoms with Crippen LogP contribution in [-0.2, 0) is 5.54 Å². The molecule has 7 heteroatoms. The fourth-order valence-electron chi connectivity index (χ4n) is 3.21. The van der Waals surface area contributed by atoms with Gasteiger partial charge >= 0.3 is 0 Å². The summed E-state index contributed by atoms with van der Waals surface area (Å²) in [6, 6.07) is 3.58. The normalized spacial score (nSPS) is 16.7. The highest BCUT2D eigenvalue weighted by Crippen LogP contribution is 2.44. The first-order valence-electron chi connectivity index (χ1n) is 8.05. The van der Waals surface area contributed by atoms with Crippen LogP contribution in [0.4, 0.5) is 0 Å². The van der Waals surface area contributed by atoms with Gasteiger partial charge in [-0.05, 0) is 25.0 Å². The van der Waals surface area contributed by atoms with Gasteiger partial charge in [0.15, 0.2) is 17.3 Å². The van der Waals surface area contributed by atoms with E-state index in [-0.39, 0.29) is 0 Å². The topological polar surface area (TPSA) is 92.6 Å². The van der Waals surface area contributed by atoms with E-state index in [4.69, 9.17) is 24.5 Å². The molecule has 3 rings (SSSR count). The minimum Gasteiger partial charge on any atom is -0.493 e. The molecule has 1 saturated carbocycles. The van der Waals surface area contributed by atoms with Crippen LogP contribution < -0.4 is 19.9 Å². The third-order valence-electron chi connectivity index (χ3n) is 4.55. The summed E-state index contributed by atoms with van der Waals surface area (Å²) in [5, 5.41) is 4.12. The van der Waals surface area contributed by atoms with Gasteiger partial charge in [0.2, 0.25) is 5.75 Å². The van der Waals surface area contributed by atoms with E-state index in [0.29, 0.717) is 34.5 Å². The van der Waals surface area contributed by atoms with Crippen molar-refractivity contribution in [3.63, 3.8) is 0 Å². The Morgan fingerprint density at radius 3 is 2.33 bits per heavy atom. The van der Waals surface area contributed by atoms with E-state index < -0.39 is 5.54 Å². The Labute approximate surface area is 141 Å². The summed E-state index contributed by atoms with van der Waals surface area (Å²) >= 11 is 0. The molecule has 0 amide bonds. The van der Waals surface area contributed by atoms with E-state index in [0.717, 1.165) is 25.7 Å². The largest absolute Gasteiger partial charge is 0.493 e. The molecule has 130 valence electrons. The molecule has 0 atom stereocenters. The van der Waals surface area contributed by atoms with Crippen LogP contribution in [0.3, 0.4) is 0 Å². The molecular formula is C17H23N3O4. The molecule has 2 N–H and O–H groups in total. The first-order valence-corrected chi connectivity index (χ1v) is 8.05. The van der Waals surface area contributed by atoms with Gasteiger partial charge in [0.05, 0.1) is 32.4 Å². The quantitative estimate of drug-likeness (QED) is 0.899. The van der Waals surface area contributed by atoms with Crippen molar-refractivity contribution in [3.05, 3.63) is 18.0 Å². The Hall–Kier alpha value is -2.28. The second kappa shape index (κ2) is 6.68. The van der Waals surface area contributed by atoms with Gasteiger partial charge in [0.25, 0.3) is 5.89 Å². The van der Waals surface area contributed by atoms with Gasteiger partial charge in [0, 0.05) is 0 Å². The summed E-state index contributed by atoms with van der Waals surface area (Å²) in [6.45, 7) is 0. The van der Waals surface area contributed by atoms with Gasteiger partial charge in [-0.3, -0.25) is 0 Å². The van der Waals surface area contributed by atoms with Crippen LogP contribution in [0, 0.1) is 0 Å². The molecule has 1 aromatic carbocycles. The fraction of sp³-hybridized carbons (Fsp3) is 0.529. The lowest BCUT2D eigenvalue weighted by Gasteiger charge is -2.29. The van der Waals surface area contributed by atoms with E-state index in [9.17, 15) is 0 Å². The predicted octanol–water partition coefficient (Wildman–Crippen LogP) is 2.88. The van der Waals surface area contributed by atoms with Gasteiger partial charge in [-0.25, -0.2) is 0 Å². The van der Waals surface area contributed by atoms with Crippen molar-refractivity contribution >= 4 is 0 Å². The number of nitrogens with two attached hydrogens (primary N) is 1. The second-order valence-electron chi connectivity index (χ2n) is 6.02. The van der Waals surface area contributed by atoms with Crippen molar-refractivity contribution in [2.24, 2.45) is 5.73 Å². The number of ether oxygens (including phenoxy) is 3. The molecule has 0 spiro atoms. The molecule has 0 saturated heterocycles. The van der Waals surface area contributed by atoms with Crippen LogP contribution in [-0.4, -0.2) is 31.5 Å². The van der Waals surface area contributed by atoms with E-state index in [1.165, 1.54) is 6.42 Å². The number of hydrogen-bond acceptors (Lipinski definition) is 7. The van der Waals surface area contributed by atoms with Crippen LogP contribution in [0.5, 0.6) is 17.2 Å². The lowest BCUT2D eigenvalue weighted by Crippen LogP contribution is -2.39. The van der Waals surface area contributed by atoms with Crippen molar-refractivity contribution < 1.29 is 18.7 Å². The monoisotopic (exact) mass is 333 g/mol. The summed E-state index contributed by atoms with van der Waals surface area (Å²) in [5.41, 5.74) is 6.62. The third kappa shape index (κ3) is 2.80. The fourth-order valence-corrected chi connectivity index (χ4v) is 3.21. The number of benzene rings is 1. The molecule has 0 bridgehead atoms. The second-order valence-corrected chi connectivity index (χ2v) is 6.02. The van der Waals surface area contributed by atoms with Gasteiger partial charge in [-0.2, -0.15) is 4.98 Å². The maximum absolute atomic E-state index is 6.48. The van der Waals surface area contributed by atoms with Crippen molar-refractivity contribution in [2.45, 2.75) is 37.6 Å². The zero-order valence-electron chi connectivity index (χ0n) is 14.3. The number of hydrogen-bond donors (Lipinski definition) is 1. The summed E-state index contributed by atoms with van der Waals surface area (Å²) in [7, 11) is 4.69. The van der Waals surface area contributed by atoms with Gasteiger partial charge < -0.3 is 24.5 Å². The molecule has 0 radical (unpaired) electrons. The Balaban J connectivity index is 2.01. The van der Waals surface area contributed by atoms with E-state index >= 15 is 0 Å². The van der Waals surface area contributed by atoms with Gasteiger partial charge in [-0.1, -0.05) is 24.4 Å². The molecular weight excluding hydrogens is 310 g/mol. The van der Waals surface area contributed by atoms with Crippen molar-refractivity contribution in [1.29, 1.82) is 0 Å². The van der Waals surface area contributed by atoms with Crippen LogP contribution in [0.1, 0.15) is 37.9 Å². The molecule has 24 heavy (non-hydrogen) atoms. The Morgan fingerprint density at radius 1 is 1.00 bits per heavy atom. The lowest BCUT2D eigenvalue weighted by atomic mass is 9.82. The zero-order valence-corrected chi connectivity index (χ0v) is 14.3. The van der Waals surface area contributed by atoms with Crippen LogP contribution in [0.15, 0.2) is 16.7 Å². The molecule has 1 heterocycles. The highest BCUT2D eigenvalue weighted by atomic mass is 16.5. The number of nitrogens with zero attached hydrogens (tertiary/aromatic N) is 2. The lowest BCUT2D eigenvalue weighted by molar-refractivity contribution is 0.275. The minimum absolute atomic E-state index is 0.359. The average Bonchev–Trinajstić information content (AvgIpc) is 3.11. The van der Waals surface area contributed by atoms with Crippen LogP contribution >= 0.6 is 0 Å². The first kappa shape index (κ1) is 16.6. The smallest absolute Gasteiger partial charge is 0.261 e. The molecule has 2 aromatic rings.